The van der Waals surface area contributed by atoms with Crippen LogP contribution in [0.15, 0.2) is 54.6 Å². The van der Waals surface area contributed by atoms with Gasteiger partial charge < -0.3 is 20.1 Å². The molecule has 2 N–H and O–H groups in total. The first-order chi connectivity index (χ1) is 14.9. The first kappa shape index (κ1) is 21.4. The van der Waals surface area contributed by atoms with Gasteiger partial charge in [0.25, 0.3) is 0 Å². The maximum Gasteiger partial charge on any atom is 0.314 e. The Morgan fingerprint density at radius 3 is 2.26 bits per heavy atom. The second-order valence-corrected chi connectivity index (χ2v) is 8.84. The predicted octanol–water partition coefficient (Wildman–Crippen LogP) is 3.16. The molecule has 1 saturated carbocycles. The summed E-state index contributed by atoms with van der Waals surface area (Å²) in [5.41, 5.74) is 0.819. The van der Waals surface area contributed by atoms with E-state index in [4.69, 9.17) is 4.74 Å². The number of carbonyl (C=O) groups is 2. The fraction of sp³-hybridized carbons (Fsp3) is 0.440. The summed E-state index contributed by atoms with van der Waals surface area (Å²) in [6, 6.07) is 17.6. The van der Waals surface area contributed by atoms with Gasteiger partial charge in [0.1, 0.15) is 5.75 Å². The Hall–Kier alpha value is -2.86. The van der Waals surface area contributed by atoms with Crippen molar-refractivity contribution in [3.63, 3.8) is 0 Å². The SMILES string of the molecule is COc1ccc(C2(C(=O)O)C[C@H]2CN2CCC(NC(C)=O)(c3ccccc3)CC2)cc1. The largest absolute Gasteiger partial charge is 0.497 e. The summed E-state index contributed by atoms with van der Waals surface area (Å²) >= 11 is 0. The highest BCUT2D eigenvalue weighted by Gasteiger charge is 2.61. The third-order valence-electron chi connectivity index (χ3n) is 7.02. The van der Waals surface area contributed by atoms with Crippen LogP contribution < -0.4 is 10.1 Å². The highest BCUT2D eigenvalue weighted by Crippen LogP contribution is 2.55. The molecular formula is C25H30N2O4. The summed E-state index contributed by atoms with van der Waals surface area (Å²) < 4.78 is 5.21. The number of carboxylic acid groups (broad SMARTS) is 1. The van der Waals surface area contributed by atoms with E-state index in [1.807, 2.05) is 42.5 Å². The molecule has 2 atom stereocenters. The van der Waals surface area contributed by atoms with Gasteiger partial charge in [-0.2, -0.15) is 0 Å². The number of likely N-dealkylation sites (tertiary alicyclic amines) is 1. The predicted molar refractivity (Wildman–Crippen MR) is 118 cm³/mol. The van der Waals surface area contributed by atoms with Crippen molar-refractivity contribution in [1.82, 2.24) is 10.2 Å². The van der Waals surface area contributed by atoms with Crippen molar-refractivity contribution in [3.8, 4) is 5.75 Å². The van der Waals surface area contributed by atoms with Gasteiger partial charge in [-0.15, -0.1) is 0 Å². The Bertz CT molecular complexity index is 936. The van der Waals surface area contributed by atoms with E-state index in [0.29, 0.717) is 6.42 Å². The van der Waals surface area contributed by atoms with Crippen molar-refractivity contribution >= 4 is 11.9 Å². The maximum atomic E-state index is 12.2. The molecule has 2 aromatic carbocycles. The number of hydrogen-bond acceptors (Lipinski definition) is 4. The van der Waals surface area contributed by atoms with E-state index in [9.17, 15) is 14.7 Å². The third-order valence-corrected chi connectivity index (χ3v) is 7.02. The number of rotatable bonds is 7. The molecule has 0 radical (unpaired) electrons. The number of benzene rings is 2. The first-order valence-electron chi connectivity index (χ1n) is 10.8. The van der Waals surface area contributed by atoms with Crippen LogP contribution in [0.2, 0.25) is 0 Å². The third kappa shape index (κ3) is 4.04. The number of methoxy groups -OCH3 is 1. The molecule has 1 heterocycles. The monoisotopic (exact) mass is 422 g/mol. The van der Waals surface area contributed by atoms with Gasteiger partial charge in [-0.05, 0) is 48.4 Å². The van der Waals surface area contributed by atoms with Gasteiger partial charge >= 0.3 is 5.97 Å². The molecule has 4 rings (SSSR count). The topological polar surface area (TPSA) is 78.9 Å². The van der Waals surface area contributed by atoms with Crippen LogP contribution in [0.1, 0.15) is 37.3 Å². The number of nitrogens with one attached hydrogen (secondary N) is 1. The Kier molecular flexibility index (Phi) is 5.75. The van der Waals surface area contributed by atoms with Crippen LogP contribution in [0.5, 0.6) is 5.75 Å². The quantitative estimate of drug-likeness (QED) is 0.717. The minimum Gasteiger partial charge on any atom is -0.497 e. The van der Waals surface area contributed by atoms with Gasteiger partial charge in [-0.3, -0.25) is 9.59 Å². The summed E-state index contributed by atoms with van der Waals surface area (Å²) in [6.45, 7) is 3.97. The lowest BCUT2D eigenvalue weighted by Gasteiger charge is -2.43. The molecule has 2 fully saturated rings. The molecule has 1 saturated heterocycles. The minimum atomic E-state index is -0.808. The standard InChI is InChI=1S/C25H30N2O4/c1-18(28)26-24(19-6-4-3-5-7-19)12-14-27(15-13-24)17-21-16-25(21,23(29)30)20-8-10-22(31-2)11-9-20/h3-11,21H,12-17H2,1-2H3,(H,26,28)(H,29,30)/t21-,25?/m0/s1. The fourth-order valence-corrected chi connectivity index (χ4v) is 5.19. The number of carboxylic acids is 1. The summed E-state index contributed by atoms with van der Waals surface area (Å²) in [4.78, 5) is 26.5. The van der Waals surface area contributed by atoms with Crippen LogP contribution in [-0.4, -0.2) is 48.6 Å². The molecule has 0 spiro atoms. The maximum absolute atomic E-state index is 12.2. The zero-order valence-electron chi connectivity index (χ0n) is 18.1. The summed E-state index contributed by atoms with van der Waals surface area (Å²) in [6.07, 6.45) is 2.28. The van der Waals surface area contributed by atoms with Crippen molar-refractivity contribution < 1.29 is 19.4 Å². The van der Waals surface area contributed by atoms with Crippen molar-refractivity contribution in [3.05, 3.63) is 65.7 Å². The molecule has 164 valence electrons. The van der Waals surface area contributed by atoms with Crippen LogP contribution in [0.4, 0.5) is 0 Å². The summed E-state index contributed by atoms with van der Waals surface area (Å²) in [7, 11) is 1.61. The molecule has 1 amide bonds. The zero-order valence-corrected chi connectivity index (χ0v) is 18.1. The lowest BCUT2D eigenvalue weighted by molar-refractivity contribution is -0.140. The van der Waals surface area contributed by atoms with E-state index in [-0.39, 0.29) is 17.4 Å². The van der Waals surface area contributed by atoms with Crippen molar-refractivity contribution in [2.75, 3.05) is 26.7 Å². The van der Waals surface area contributed by atoms with E-state index < -0.39 is 11.4 Å². The number of carbonyl (C=O) groups excluding carboxylic acids is 1. The highest BCUT2D eigenvalue weighted by molar-refractivity contribution is 5.86. The molecule has 2 aliphatic rings. The molecule has 1 aliphatic heterocycles. The number of hydrogen-bond donors (Lipinski definition) is 2. The van der Waals surface area contributed by atoms with Gasteiger partial charge in [0, 0.05) is 26.6 Å². The van der Waals surface area contributed by atoms with Gasteiger partial charge in [0.15, 0.2) is 0 Å². The molecule has 1 unspecified atom stereocenters. The van der Waals surface area contributed by atoms with Crippen LogP contribution in [0.3, 0.4) is 0 Å². The molecule has 31 heavy (non-hydrogen) atoms. The number of nitrogens with zero attached hydrogens (tertiary/aromatic N) is 1. The molecule has 0 bridgehead atoms. The smallest absolute Gasteiger partial charge is 0.314 e. The molecule has 1 aliphatic carbocycles. The van der Waals surface area contributed by atoms with Crippen LogP contribution in [0.25, 0.3) is 0 Å². The van der Waals surface area contributed by atoms with Crippen molar-refractivity contribution in [1.29, 1.82) is 0 Å². The fourth-order valence-electron chi connectivity index (χ4n) is 5.19. The second-order valence-electron chi connectivity index (χ2n) is 8.84. The van der Waals surface area contributed by atoms with Crippen LogP contribution in [0, 0.1) is 5.92 Å². The van der Waals surface area contributed by atoms with Gasteiger partial charge in [0.2, 0.25) is 5.91 Å². The Balaban J connectivity index is 1.44. The lowest BCUT2D eigenvalue weighted by atomic mass is 9.80. The average molecular weight is 423 g/mol. The second kappa shape index (κ2) is 8.35. The number of piperidine rings is 1. The van der Waals surface area contributed by atoms with E-state index in [1.165, 1.54) is 0 Å². The summed E-state index contributed by atoms with van der Waals surface area (Å²) in [5, 5.41) is 13.2. The van der Waals surface area contributed by atoms with Crippen LogP contribution in [-0.2, 0) is 20.5 Å². The van der Waals surface area contributed by atoms with Crippen molar-refractivity contribution in [2.45, 2.75) is 37.1 Å². The molecule has 6 nitrogen and oxygen atoms in total. The molecular weight excluding hydrogens is 392 g/mol. The highest BCUT2D eigenvalue weighted by atomic mass is 16.5. The number of ether oxygens (including phenoxy) is 1. The van der Waals surface area contributed by atoms with Gasteiger partial charge in [0.05, 0.1) is 18.1 Å². The van der Waals surface area contributed by atoms with E-state index in [1.54, 1.807) is 14.0 Å². The van der Waals surface area contributed by atoms with Gasteiger partial charge in [-0.1, -0.05) is 42.5 Å². The Morgan fingerprint density at radius 2 is 1.71 bits per heavy atom. The summed E-state index contributed by atoms with van der Waals surface area (Å²) in [5.74, 6) is 0.0385. The lowest BCUT2D eigenvalue weighted by Crippen LogP contribution is -2.53. The van der Waals surface area contributed by atoms with E-state index in [2.05, 4.69) is 22.3 Å². The van der Waals surface area contributed by atoms with Crippen LogP contribution >= 0.6 is 0 Å². The Morgan fingerprint density at radius 1 is 1.06 bits per heavy atom. The minimum absolute atomic E-state index is 0.0242. The van der Waals surface area contributed by atoms with E-state index in [0.717, 1.165) is 49.4 Å². The zero-order chi connectivity index (χ0) is 22.1. The van der Waals surface area contributed by atoms with Crippen molar-refractivity contribution in [2.24, 2.45) is 5.92 Å². The average Bonchev–Trinajstić information content (AvgIpc) is 3.51. The molecule has 2 aromatic rings. The first-order valence-corrected chi connectivity index (χ1v) is 10.8. The van der Waals surface area contributed by atoms with Gasteiger partial charge in [-0.25, -0.2) is 0 Å². The number of amides is 1. The Labute approximate surface area is 183 Å². The van der Waals surface area contributed by atoms with E-state index >= 15 is 0 Å². The number of aliphatic carboxylic acids is 1. The molecule has 0 aromatic heterocycles. The normalized spacial score (nSPS) is 24.9. The molecule has 6 heteroatoms.